The first kappa shape index (κ1) is 63.3. The van der Waals surface area contributed by atoms with Crippen molar-refractivity contribution < 1.29 is 23.8 Å². The summed E-state index contributed by atoms with van der Waals surface area (Å²) in [5, 5.41) is 0. The maximum atomic E-state index is 12.7. The smallest absolute Gasteiger partial charge is 0.305 e. The van der Waals surface area contributed by atoms with Crippen LogP contribution in [0, 0.1) is 0 Å². The van der Waals surface area contributed by atoms with Gasteiger partial charge in [0.15, 0.2) is 0 Å². The molecule has 0 heterocycles. The zero-order valence-corrected chi connectivity index (χ0v) is 44.0. The van der Waals surface area contributed by atoms with Crippen LogP contribution in [0.5, 0.6) is 0 Å². The first-order valence-corrected chi connectivity index (χ1v) is 28.5. The van der Waals surface area contributed by atoms with Gasteiger partial charge in [-0.3, -0.25) is 9.59 Å². The quantitative estimate of drug-likeness (QED) is 0.0346. The number of hydrogen-bond donors (Lipinski definition) is 0. The molecule has 66 heavy (non-hydrogen) atoms. The van der Waals surface area contributed by atoms with Crippen molar-refractivity contribution in [1.82, 2.24) is 0 Å². The van der Waals surface area contributed by atoms with Crippen molar-refractivity contribution in [1.29, 1.82) is 0 Å². The maximum Gasteiger partial charge on any atom is 0.305 e. The van der Waals surface area contributed by atoms with E-state index in [1.54, 1.807) is 0 Å². The van der Waals surface area contributed by atoms with Crippen molar-refractivity contribution >= 4 is 11.9 Å². The average molecular weight is 922 g/mol. The van der Waals surface area contributed by atoms with E-state index in [4.69, 9.17) is 14.2 Å². The summed E-state index contributed by atoms with van der Waals surface area (Å²) in [6.45, 7) is 7.58. The lowest BCUT2D eigenvalue weighted by Crippen LogP contribution is -2.29. The van der Waals surface area contributed by atoms with E-state index in [2.05, 4.69) is 93.7 Å². The Kier molecular flexibility index (Phi) is 54.4. The third kappa shape index (κ3) is 54.0. The molecule has 5 nitrogen and oxygen atoms in total. The SMILES string of the molecule is CC/C=C\C/C=C\C/C=C\C/C=C\C/C=C\CCCC(=O)OC[C@H](COC(=O)CCCCCCCCC/C=C\CCCCCCCC)OCCCCCCCCCCCCCCCCCC. The molecular weight excluding hydrogens is 813 g/mol. The molecule has 0 aromatic rings. The fourth-order valence-electron chi connectivity index (χ4n) is 7.99. The van der Waals surface area contributed by atoms with Gasteiger partial charge in [-0.2, -0.15) is 0 Å². The molecule has 0 fully saturated rings. The number of rotatable bonds is 52. The minimum absolute atomic E-state index is 0.127. The van der Waals surface area contributed by atoms with Crippen LogP contribution in [-0.4, -0.2) is 37.9 Å². The van der Waals surface area contributed by atoms with Crippen LogP contribution < -0.4 is 0 Å². The van der Waals surface area contributed by atoms with E-state index in [9.17, 15) is 9.59 Å². The number of unbranched alkanes of at least 4 members (excludes halogenated alkanes) is 29. The van der Waals surface area contributed by atoms with Gasteiger partial charge in [-0.05, 0) is 83.5 Å². The number of hydrogen-bond acceptors (Lipinski definition) is 5. The minimum Gasteiger partial charge on any atom is -0.463 e. The Balaban J connectivity index is 4.34. The Hall–Kier alpha value is -2.66. The highest BCUT2D eigenvalue weighted by Gasteiger charge is 2.16. The molecule has 0 bridgehead atoms. The summed E-state index contributed by atoms with van der Waals surface area (Å²) >= 11 is 0. The molecule has 0 amide bonds. The van der Waals surface area contributed by atoms with Crippen LogP contribution in [-0.2, 0) is 23.8 Å². The molecule has 0 N–H and O–H groups in total. The molecule has 0 aromatic carbocycles. The zero-order valence-electron chi connectivity index (χ0n) is 44.0. The van der Waals surface area contributed by atoms with Crippen LogP contribution >= 0.6 is 0 Å². The summed E-state index contributed by atoms with van der Waals surface area (Å²) in [5.74, 6) is -0.396. The standard InChI is InChI=1S/C61H108O5/c1-4-7-10-13-16-19-22-25-28-31-33-36-39-42-45-48-51-54-60(62)65-57-59(64-56-53-50-47-44-41-38-35-30-27-24-21-18-15-12-9-6-3)58-66-61(63)55-52-49-46-43-40-37-34-32-29-26-23-20-17-14-11-8-5-2/h7,10,16,19,25-26,28-29,33,36,42,45,59H,4-6,8-9,11-15,17-18,20-24,27,30-32,34-35,37-41,43-44,46-58H2,1-3H3/b10-7-,19-16-,28-25-,29-26-,36-33-,45-42-/t59-/m1/s1. The van der Waals surface area contributed by atoms with Crippen molar-refractivity contribution in [3.8, 4) is 0 Å². The molecule has 0 rings (SSSR count). The zero-order chi connectivity index (χ0) is 47.7. The number of allylic oxidation sites excluding steroid dienone is 12. The van der Waals surface area contributed by atoms with E-state index < -0.39 is 6.10 Å². The van der Waals surface area contributed by atoms with E-state index in [1.165, 1.54) is 173 Å². The first-order valence-electron chi connectivity index (χ1n) is 28.5. The fraction of sp³-hybridized carbons (Fsp3) is 0.770. The van der Waals surface area contributed by atoms with Crippen LogP contribution in [0.2, 0.25) is 0 Å². The number of esters is 2. The lowest BCUT2D eigenvalue weighted by Gasteiger charge is -2.18. The molecule has 5 heteroatoms. The predicted molar refractivity (Wildman–Crippen MR) is 288 cm³/mol. The average Bonchev–Trinajstić information content (AvgIpc) is 3.32. The Morgan fingerprint density at radius 3 is 1.05 bits per heavy atom. The Morgan fingerprint density at radius 1 is 0.333 bits per heavy atom. The Morgan fingerprint density at radius 2 is 0.636 bits per heavy atom. The topological polar surface area (TPSA) is 61.8 Å². The van der Waals surface area contributed by atoms with E-state index in [-0.39, 0.29) is 25.2 Å². The molecule has 0 aliphatic heterocycles. The third-order valence-electron chi connectivity index (χ3n) is 12.3. The number of carbonyl (C=O) groups excluding carboxylic acids is 2. The number of carbonyl (C=O) groups is 2. The third-order valence-corrected chi connectivity index (χ3v) is 12.3. The van der Waals surface area contributed by atoms with Gasteiger partial charge >= 0.3 is 11.9 Å². The first-order chi connectivity index (χ1) is 32.6. The van der Waals surface area contributed by atoms with Gasteiger partial charge in [0, 0.05) is 19.4 Å². The second kappa shape index (κ2) is 56.7. The van der Waals surface area contributed by atoms with Gasteiger partial charge in [-0.25, -0.2) is 0 Å². The van der Waals surface area contributed by atoms with E-state index >= 15 is 0 Å². The molecule has 0 aromatic heterocycles. The normalized spacial score (nSPS) is 12.7. The van der Waals surface area contributed by atoms with Crippen LogP contribution in [0.4, 0.5) is 0 Å². The molecular formula is C61H108O5. The summed E-state index contributed by atoms with van der Waals surface area (Å²) in [6.07, 6.45) is 73.8. The van der Waals surface area contributed by atoms with Gasteiger partial charge in [-0.15, -0.1) is 0 Å². The van der Waals surface area contributed by atoms with Gasteiger partial charge in [0.25, 0.3) is 0 Å². The van der Waals surface area contributed by atoms with E-state index in [0.717, 1.165) is 70.6 Å². The predicted octanol–water partition coefficient (Wildman–Crippen LogP) is 19.5. The molecule has 0 saturated heterocycles. The van der Waals surface area contributed by atoms with Crippen LogP contribution in [0.15, 0.2) is 72.9 Å². The highest BCUT2D eigenvalue weighted by molar-refractivity contribution is 5.69. The molecule has 0 spiro atoms. The second-order valence-electron chi connectivity index (χ2n) is 18.8. The summed E-state index contributed by atoms with van der Waals surface area (Å²) in [6, 6.07) is 0. The van der Waals surface area contributed by atoms with Crippen molar-refractivity contribution in [2.75, 3.05) is 19.8 Å². The highest BCUT2D eigenvalue weighted by Crippen LogP contribution is 2.15. The molecule has 0 aliphatic carbocycles. The van der Waals surface area contributed by atoms with E-state index in [1.807, 2.05) is 0 Å². The largest absolute Gasteiger partial charge is 0.463 e. The van der Waals surface area contributed by atoms with Crippen molar-refractivity contribution in [2.45, 2.75) is 284 Å². The maximum absolute atomic E-state index is 12.7. The Labute approximate surface area is 410 Å². The fourth-order valence-corrected chi connectivity index (χ4v) is 7.99. The molecule has 1 atom stereocenters. The number of ether oxygens (including phenoxy) is 3. The monoisotopic (exact) mass is 921 g/mol. The van der Waals surface area contributed by atoms with Crippen LogP contribution in [0.25, 0.3) is 0 Å². The van der Waals surface area contributed by atoms with Gasteiger partial charge in [0.2, 0.25) is 0 Å². The second-order valence-corrected chi connectivity index (χ2v) is 18.8. The highest BCUT2D eigenvalue weighted by atomic mass is 16.6. The lowest BCUT2D eigenvalue weighted by molar-refractivity contribution is -0.155. The van der Waals surface area contributed by atoms with Crippen LogP contribution in [0.3, 0.4) is 0 Å². The van der Waals surface area contributed by atoms with Crippen LogP contribution in [0.1, 0.15) is 278 Å². The summed E-state index contributed by atoms with van der Waals surface area (Å²) < 4.78 is 17.5. The lowest BCUT2D eigenvalue weighted by atomic mass is 10.0. The molecule has 0 saturated carbocycles. The molecule has 382 valence electrons. The minimum atomic E-state index is -0.425. The van der Waals surface area contributed by atoms with E-state index in [0.29, 0.717) is 19.4 Å². The molecule has 0 aliphatic rings. The summed E-state index contributed by atoms with van der Waals surface area (Å²) in [5.41, 5.74) is 0. The molecule has 0 radical (unpaired) electrons. The van der Waals surface area contributed by atoms with Gasteiger partial charge < -0.3 is 14.2 Å². The van der Waals surface area contributed by atoms with Crippen molar-refractivity contribution in [3.05, 3.63) is 72.9 Å². The van der Waals surface area contributed by atoms with Gasteiger partial charge in [0.05, 0.1) is 0 Å². The Bertz CT molecular complexity index is 1180. The summed E-state index contributed by atoms with van der Waals surface area (Å²) in [4.78, 5) is 25.3. The van der Waals surface area contributed by atoms with Gasteiger partial charge in [0.1, 0.15) is 19.3 Å². The van der Waals surface area contributed by atoms with Crippen molar-refractivity contribution in [2.24, 2.45) is 0 Å². The van der Waals surface area contributed by atoms with Gasteiger partial charge in [-0.1, -0.05) is 254 Å². The molecule has 0 unspecified atom stereocenters. The van der Waals surface area contributed by atoms with Crippen molar-refractivity contribution in [3.63, 3.8) is 0 Å². The summed E-state index contributed by atoms with van der Waals surface area (Å²) in [7, 11) is 0.